The fraction of sp³-hybridized carbons (Fsp3) is 0.292. The lowest BCUT2D eigenvalue weighted by molar-refractivity contribution is -0.150. The number of pyridine rings is 1. The summed E-state index contributed by atoms with van der Waals surface area (Å²) in [6.45, 7) is 0.362. The second-order valence-electron chi connectivity index (χ2n) is 7.85. The number of nitrogens with zero attached hydrogens (tertiary/aromatic N) is 5. The summed E-state index contributed by atoms with van der Waals surface area (Å²) in [4.78, 5) is 26.0. The molecule has 1 aliphatic heterocycles. The Balaban J connectivity index is 1.42. The molecule has 1 fully saturated rings. The van der Waals surface area contributed by atoms with Gasteiger partial charge in [-0.25, -0.2) is 23.7 Å². The SMILES string of the molecule is N#Cc1cc(-c2ccnc(Nc3ccccn3)n2)ccc1OC1CCN(C(=O)[C@@H](O)C(F)F)CC1. The molecule has 3 aromatic rings. The van der Waals surface area contributed by atoms with Gasteiger partial charge in [-0.1, -0.05) is 6.07 Å². The number of aliphatic hydroxyl groups excluding tert-OH is 1. The Hall–Kier alpha value is -4.17. The smallest absolute Gasteiger partial charge is 0.273 e. The second kappa shape index (κ2) is 10.8. The highest BCUT2D eigenvalue weighted by Gasteiger charge is 2.32. The van der Waals surface area contributed by atoms with Crippen molar-refractivity contribution in [1.82, 2.24) is 19.9 Å². The van der Waals surface area contributed by atoms with Crippen LogP contribution in [0, 0.1) is 11.3 Å². The van der Waals surface area contributed by atoms with Gasteiger partial charge in [0, 0.05) is 43.9 Å². The zero-order chi connectivity index (χ0) is 24.8. The molecule has 1 aliphatic rings. The molecule has 4 rings (SSSR count). The first-order valence-corrected chi connectivity index (χ1v) is 10.9. The summed E-state index contributed by atoms with van der Waals surface area (Å²) in [6.07, 6.45) is -1.70. The molecule has 1 saturated heterocycles. The van der Waals surface area contributed by atoms with Crippen LogP contribution in [-0.4, -0.2) is 62.6 Å². The van der Waals surface area contributed by atoms with E-state index in [9.17, 15) is 23.9 Å². The number of rotatable bonds is 7. The van der Waals surface area contributed by atoms with Crippen LogP contribution in [0.3, 0.4) is 0 Å². The van der Waals surface area contributed by atoms with E-state index in [4.69, 9.17) is 4.74 Å². The van der Waals surface area contributed by atoms with Crippen molar-refractivity contribution in [3.8, 4) is 23.1 Å². The van der Waals surface area contributed by atoms with E-state index in [0.29, 0.717) is 47.2 Å². The van der Waals surface area contributed by atoms with Crippen molar-refractivity contribution in [2.24, 2.45) is 0 Å². The summed E-state index contributed by atoms with van der Waals surface area (Å²) in [5, 5.41) is 22.0. The van der Waals surface area contributed by atoms with E-state index in [1.807, 2.05) is 6.07 Å². The van der Waals surface area contributed by atoms with Crippen LogP contribution in [0.4, 0.5) is 20.5 Å². The quantitative estimate of drug-likeness (QED) is 0.529. The third-order valence-electron chi connectivity index (χ3n) is 5.50. The fourth-order valence-corrected chi connectivity index (χ4v) is 3.68. The lowest BCUT2D eigenvalue weighted by Crippen LogP contribution is -2.47. The van der Waals surface area contributed by atoms with E-state index < -0.39 is 18.4 Å². The maximum absolute atomic E-state index is 12.6. The maximum atomic E-state index is 12.6. The number of piperidine rings is 1. The Kier molecular flexibility index (Phi) is 7.42. The van der Waals surface area contributed by atoms with Crippen molar-refractivity contribution in [1.29, 1.82) is 5.26 Å². The zero-order valence-electron chi connectivity index (χ0n) is 18.5. The number of aromatic nitrogens is 3. The Morgan fingerprint density at radius 2 is 1.97 bits per heavy atom. The molecule has 0 bridgehead atoms. The Morgan fingerprint density at radius 1 is 1.17 bits per heavy atom. The number of hydrogen-bond acceptors (Lipinski definition) is 8. The predicted molar refractivity (Wildman–Crippen MR) is 122 cm³/mol. The summed E-state index contributed by atoms with van der Waals surface area (Å²) < 4.78 is 31.2. The highest BCUT2D eigenvalue weighted by molar-refractivity contribution is 5.81. The molecule has 0 saturated carbocycles. The number of anilines is 2. The van der Waals surface area contributed by atoms with Gasteiger partial charge in [-0.05, 0) is 36.4 Å². The minimum atomic E-state index is -3.12. The summed E-state index contributed by atoms with van der Waals surface area (Å²) >= 11 is 0. The number of likely N-dealkylation sites (tertiary alicyclic amines) is 1. The van der Waals surface area contributed by atoms with Crippen LogP contribution < -0.4 is 10.1 Å². The number of nitriles is 1. The topological polar surface area (TPSA) is 124 Å². The Labute approximate surface area is 200 Å². The third kappa shape index (κ3) is 5.85. The van der Waals surface area contributed by atoms with E-state index in [1.54, 1.807) is 48.8 Å². The third-order valence-corrected chi connectivity index (χ3v) is 5.50. The van der Waals surface area contributed by atoms with Gasteiger partial charge in [0.1, 0.15) is 23.7 Å². The Bertz CT molecular complexity index is 1210. The van der Waals surface area contributed by atoms with E-state index >= 15 is 0 Å². The molecule has 0 unspecified atom stereocenters. The fourth-order valence-electron chi connectivity index (χ4n) is 3.68. The molecule has 180 valence electrons. The normalized spacial score (nSPS) is 14.9. The number of carbonyl (C=O) groups is 1. The first-order chi connectivity index (χ1) is 16.9. The van der Waals surface area contributed by atoms with Crippen LogP contribution in [0.5, 0.6) is 5.75 Å². The predicted octanol–water partition coefficient (Wildman–Crippen LogP) is 3.15. The standard InChI is InChI=1S/C24H22F2N6O3/c25-22(26)21(33)23(34)32-11-7-17(8-12-32)35-19-5-4-15(13-16(19)14-27)18-6-10-29-24(30-18)31-20-3-1-2-9-28-20/h1-6,9-10,13,17,21-22,33H,7-8,11-12H2,(H,28,29,30,31)/t21-/m0/s1. The van der Waals surface area contributed by atoms with Gasteiger partial charge in [0.25, 0.3) is 12.3 Å². The molecule has 0 aliphatic carbocycles. The highest BCUT2D eigenvalue weighted by atomic mass is 19.3. The van der Waals surface area contributed by atoms with E-state index in [0.717, 1.165) is 0 Å². The average Bonchev–Trinajstić information content (AvgIpc) is 2.89. The minimum Gasteiger partial charge on any atom is -0.489 e. The molecule has 2 aromatic heterocycles. The molecule has 1 amide bonds. The van der Waals surface area contributed by atoms with Gasteiger partial charge in [0.05, 0.1) is 11.3 Å². The molecule has 0 radical (unpaired) electrons. The molecular weight excluding hydrogens is 458 g/mol. The van der Waals surface area contributed by atoms with Gasteiger partial charge < -0.3 is 20.1 Å². The number of carbonyl (C=O) groups excluding carboxylic acids is 1. The number of hydrogen-bond donors (Lipinski definition) is 2. The van der Waals surface area contributed by atoms with Gasteiger partial charge in [-0.3, -0.25) is 4.79 Å². The van der Waals surface area contributed by atoms with Gasteiger partial charge in [-0.2, -0.15) is 5.26 Å². The zero-order valence-corrected chi connectivity index (χ0v) is 18.5. The van der Waals surface area contributed by atoms with E-state index in [-0.39, 0.29) is 19.2 Å². The van der Waals surface area contributed by atoms with E-state index in [2.05, 4.69) is 26.3 Å². The summed E-state index contributed by atoms with van der Waals surface area (Å²) in [7, 11) is 0. The van der Waals surface area contributed by atoms with Crippen molar-refractivity contribution in [2.45, 2.75) is 31.5 Å². The largest absolute Gasteiger partial charge is 0.489 e. The van der Waals surface area contributed by atoms with Crippen molar-refractivity contribution < 1.29 is 23.4 Å². The molecule has 11 heteroatoms. The van der Waals surface area contributed by atoms with Gasteiger partial charge in [0.2, 0.25) is 5.95 Å². The monoisotopic (exact) mass is 480 g/mol. The first kappa shape index (κ1) is 24.0. The number of halogens is 2. The molecule has 2 N–H and O–H groups in total. The lowest BCUT2D eigenvalue weighted by Gasteiger charge is -2.33. The van der Waals surface area contributed by atoms with E-state index in [1.165, 1.54) is 4.90 Å². The van der Waals surface area contributed by atoms with Gasteiger partial charge in [0.15, 0.2) is 6.10 Å². The summed E-state index contributed by atoms with van der Waals surface area (Å²) in [5.41, 5.74) is 1.61. The number of benzene rings is 1. The Morgan fingerprint density at radius 3 is 2.66 bits per heavy atom. The molecule has 1 atom stereocenters. The number of amides is 1. The average molecular weight is 480 g/mol. The van der Waals surface area contributed by atoms with Crippen LogP contribution in [0.25, 0.3) is 11.3 Å². The second-order valence-corrected chi connectivity index (χ2v) is 7.85. The number of alkyl halides is 2. The molecular formula is C24H22F2N6O3. The number of ether oxygens (including phenoxy) is 1. The highest BCUT2D eigenvalue weighted by Crippen LogP contribution is 2.28. The molecule has 0 spiro atoms. The lowest BCUT2D eigenvalue weighted by atomic mass is 10.1. The van der Waals surface area contributed by atoms with Crippen LogP contribution in [0.1, 0.15) is 18.4 Å². The van der Waals surface area contributed by atoms with Crippen molar-refractivity contribution in [3.63, 3.8) is 0 Å². The van der Waals surface area contributed by atoms with Crippen molar-refractivity contribution in [2.75, 3.05) is 18.4 Å². The first-order valence-electron chi connectivity index (χ1n) is 10.9. The molecule has 3 heterocycles. The van der Waals surface area contributed by atoms with Gasteiger partial charge in [-0.15, -0.1) is 0 Å². The van der Waals surface area contributed by atoms with Crippen molar-refractivity contribution >= 4 is 17.7 Å². The van der Waals surface area contributed by atoms with Crippen LogP contribution in [-0.2, 0) is 4.79 Å². The number of aliphatic hydroxyl groups is 1. The number of nitrogens with one attached hydrogen (secondary N) is 1. The van der Waals surface area contributed by atoms with Crippen LogP contribution in [0.2, 0.25) is 0 Å². The molecule has 1 aromatic carbocycles. The van der Waals surface area contributed by atoms with Crippen molar-refractivity contribution in [3.05, 3.63) is 60.4 Å². The van der Waals surface area contributed by atoms with Crippen LogP contribution in [0.15, 0.2) is 54.9 Å². The summed E-state index contributed by atoms with van der Waals surface area (Å²) in [5.74, 6) is 0.359. The van der Waals surface area contributed by atoms with Gasteiger partial charge >= 0.3 is 0 Å². The minimum absolute atomic E-state index is 0.181. The molecule has 35 heavy (non-hydrogen) atoms. The summed E-state index contributed by atoms with van der Waals surface area (Å²) in [6, 6.07) is 14.4. The molecule has 9 nitrogen and oxygen atoms in total. The van der Waals surface area contributed by atoms with Crippen LogP contribution >= 0.6 is 0 Å². The maximum Gasteiger partial charge on any atom is 0.273 e.